The van der Waals surface area contributed by atoms with E-state index in [9.17, 15) is 22.8 Å². The molecule has 0 unspecified atom stereocenters. The monoisotopic (exact) mass is 380 g/mol. The number of likely N-dealkylation sites (N-methyl/N-ethyl adjacent to an activating group) is 1. The molecule has 0 bridgehead atoms. The number of carbonyl (C=O) groups is 2. The number of aryl methyl sites for hydroxylation is 1. The number of carbonyl (C=O) groups excluding carboxylic acids is 2. The SMILES string of the molecule is Cc1cccc(C(F)(F)F)c1COc1cnc(N2CC(=O)N(C)C2=O)nc1. The minimum Gasteiger partial charge on any atom is -0.486 e. The lowest BCUT2D eigenvalue weighted by atomic mass is 10.0. The first-order valence-corrected chi connectivity index (χ1v) is 7.87. The Morgan fingerprint density at radius 3 is 2.41 bits per heavy atom. The summed E-state index contributed by atoms with van der Waals surface area (Å²) in [6.45, 7) is 1.09. The van der Waals surface area contributed by atoms with Gasteiger partial charge in [0.2, 0.25) is 5.95 Å². The van der Waals surface area contributed by atoms with Gasteiger partial charge < -0.3 is 4.74 Å². The summed E-state index contributed by atoms with van der Waals surface area (Å²) in [4.78, 5) is 33.4. The highest BCUT2D eigenvalue weighted by molar-refractivity contribution is 6.11. The van der Waals surface area contributed by atoms with Crippen LogP contribution in [-0.4, -0.2) is 40.4 Å². The van der Waals surface area contributed by atoms with E-state index in [4.69, 9.17) is 4.74 Å². The summed E-state index contributed by atoms with van der Waals surface area (Å²) in [6, 6.07) is 3.35. The summed E-state index contributed by atoms with van der Waals surface area (Å²) < 4.78 is 44.8. The third-order valence-corrected chi connectivity index (χ3v) is 4.14. The summed E-state index contributed by atoms with van der Waals surface area (Å²) in [5.41, 5.74) is -0.285. The molecule has 7 nitrogen and oxygen atoms in total. The molecule has 1 fully saturated rings. The summed E-state index contributed by atoms with van der Waals surface area (Å²) in [5, 5.41) is 0. The molecule has 0 radical (unpaired) electrons. The van der Waals surface area contributed by atoms with Gasteiger partial charge in [-0.1, -0.05) is 12.1 Å². The predicted octanol–water partition coefficient (Wildman–Crippen LogP) is 2.78. The highest BCUT2D eigenvalue weighted by atomic mass is 19.4. The van der Waals surface area contributed by atoms with Crippen molar-refractivity contribution in [2.45, 2.75) is 19.7 Å². The molecular formula is C17H15F3N4O3. The first kappa shape index (κ1) is 18.6. The molecular weight excluding hydrogens is 365 g/mol. The second kappa shape index (κ2) is 6.86. The molecule has 10 heteroatoms. The second-order valence-electron chi connectivity index (χ2n) is 5.93. The molecule has 2 heterocycles. The van der Waals surface area contributed by atoms with Crippen LogP contribution >= 0.6 is 0 Å². The lowest BCUT2D eigenvalue weighted by Gasteiger charge is -2.16. The first-order chi connectivity index (χ1) is 12.7. The molecule has 1 aliphatic heterocycles. The van der Waals surface area contributed by atoms with Gasteiger partial charge in [0.1, 0.15) is 13.2 Å². The molecule has 0 atom stereocenters. The topological polar surface area (TPSA) is 75.6 Å². The van der Waals surface area contributed by atoms with Gasteiger partial charge in [0.25, 0.3) is 5.91 Å². The maximum absolute atomic E-state index is 13.1. The number of urea groups is 1. The van der Waals surface area contributed by atoms with Crippen LogP contribution in [0.1, 0.15) is 16.7 Å². The van der Waals surface area contributed by atoms with E-state index in [1.807, 2.05) is 0 Å². The van der Waals surface area contributed by atoms with Gasteiger partial charge in [0.15, 0.2) is 5.75 Å². The maximum atomic E-state index is 13.1. The Morgan fingerprint density at radius 2 is 1.85 bits per heavy atom. The van der Waals surface area contributed by atoms with E-state index in [0.717, 1.165) is 15.9 Å². The molecule has 3 rings (SSSR count). The fourth-order valence-electron chi connectivity index (χ4n) is 2.59. The van der Waals surface area contributed by atoms with Gasteiger partial charge in [0.05, 0.1) is 18.0 Å². The number of rotatable bonds is 4. The largest absolute Gasteiger partial charge is 0.486 e. The third-order valence-electron chi connectivity index (χ3n) is 4.14. The van der Waals surface area contributed by atoms with E-state index in [0.29, 0.717) is 5.56 Å². The van der Waals surface area contributed by atoms with Crippen LogP contribution < -0.4 is 9.64 Å². The van der Waals surface area contributed by atoms with Crippen molar-refractivity contribution >= 4 is 17.9 Å². The number of amides is 3. The van der Waals surface area contributed by atoms with Crippen LogP contribution in [0.2, 0.25) is 0 Å². The highest BCUT2D eigenvalue weighted by Crippen LogP contribution is 2.33. The van der Waals surface area contributed by atoms with Crippen LogP contribution in [-0.2, 0) is 17.6 Å². The van der Waals surface area contributed by atoms with Crippen LogP contribution in [0.15, 0.2) is 30.6 Å². The standard InChI is InChI=1S/C17H15F3N4O3/c1-10-4-3-5-13(17(18,19)20)12(10)9-27-11-6-21-15(22-7-11)24-8-14(25)23(2)16(24)26/h3-7H,8-9H2,1-2H3. The van der Waals surface area contributed by atoms with Crippen molar-refractivity contribution in [1.82, 2.24) is 14.9 Å². The van der Waals surface area contributed by atoms with Gasteiger partial charge in [-0.15, -0.1) is 0 Å². The Kier molecular flexibility index (Phi) is 4.73. The molecule has 0 spiro atoms. The number of aromatic nitrogens is 2. The Hall–Kier alpha value is -3.17. The van der Waals surface area contributed by atoms with Crippen molar-refractivity contribution in [3.63, 3.8) is 0 Å². The van der Waals surface area contributed by atoms with Gasteiger partial charge in [0, 0.05) is 12.6 Å². The van der Waals surface area contributed by atoms with Crippen molar-refractivity contribution in [2.75, 3.05) is 18.5 Å². The number of hydrogen-bond acceptors (Lipinski definition) is 5. The number of nitrogens with zero attached hydrogens (tertiary/aromatic N) is 4. The van der Waals surface area contributed by atoms with Crippen molar-refractivity contribution in [2.24, 2.45) is 0 Å². The van der Waals surface area contributed by atoms with Gasteiger partial charge >= 0.3 is 12.2 Å². The van der Waals surface area contributed by atoms with Crippen molar-refractivity contribution < 1.29 is 27.5 Å². The quantitative estimate of drug-likeness (QED) is 0.763. The summed E-state index contributed by atoms with van der Waals surface area (Å²) in [7, 11) is 1.35. The van der Waals surface area contributed by atoms with E-state index >= 15 is 0 Å². The minimum atomic E-state index is -4.49. The number of anilines is 1. The van der Waals surface area contributed by atoms with Crippen LogP contribution in [0, 0.1) is 6.92 Å². The normalized spacial score (nSPS) is 14.9. The molecule has 0 N–H and O–H groups in total. The fourth-order valence-corrected chi connectivity index (χ4v) is 2.59. The highest BCUT2D eigenvalue weighted by Gasteiger charge is 2.36. The number of alkyl halides is 3. The average Bonchev–Trinajstić information content (AvgIpc) is 2.87. The summed E-state index contributed by atoms with van der Waals surface area (Å²) in [6.07, 6.45) is -2.01. The molecule has 1 aliphatic rings. The molecule has 0 saturated carbocycles. The summed E-state index contributed by atoms with van der Waals surface area (Å²) in [5.74, 6) is -0.235. The van der Waals surface area contributed by atoms with Gasteiger partial charge in [-0.25, -0.2) is 14.8 Å². The second-order valence-corrected chi connectivity index (χ2v) is 5.93. The molecule has 0 aliphatic carbocycles. The van der Waals surface area contributed by atoms with Gasteiger partial charge in [-0.2, -0.15) is 13.2 Å². The first-order valence-electron chi connectivity index (χ1n) is 7.87. The fraction of sp³-hybridized carbons (Fsp3) is 0.294. The predicted molar refractivity (Wildman–Crippen MR) is 88.1 cm³/mol. The van der Waals surface area contributed by atoms with E-state index in [1.165, 1.54) is 25.5 Å². The minimum absolute atomic E-state index is 0.0110. The molecule has 2 aromatic rings. The van der Waals surface area contributed by atoms with Gasteiger partial charge in [-0.3, -0.25) is 14.6 Å². The smallest absolute Gasteiger partial charge is 0.416 e. The van der Waals surface area contributed by atoms with Crippen LogP contribution in [0.3, 0.4) is 0 Å². The number of benzene rings is 1. The zero-order valence-electron chi connectivity index (χ0n) is 14.4. The van der Waals surface area contributed by atoms with E-state index in [1.54, 1.807) is 13.0 Å². The van der Waals surface area contributed by atoms with E-state index in [2.05, 4.69) is 9.97 Å². The van der Waals surface area contributed by atoms with Crippen molar-refractivity contribution in [3.8, 4) is 5.75 Å². The maximum Gasteiger partial charge on any atom is 0.416 e. The summed E-state index contributed by atoms with van der Waals surface area (Å²) >= 11 is 0. The van der Waals surface area contributed by atoms with Crippen LogP contribution in [0.25, 0.3) is 0 Å². The van der Waals surface area contributed by atoms with Crippen molar-refractivity contribution in [3.05, 3.63) is 47.3 Å². The number of imide groups is 1. The molecule has 1 aromatic heterocycles. The lowest BCUT2D eigenvalue weighted by molar-refractivity contribution is -0.138. The zero-order chi connectivity index (χ0) is 19.8. The van der Waals surface area contributed by atoms with Gasteiger partial charge in [-0.05, 0) is 18.6 Å². The van der Waals surface area contributed by atoms with Crippen LogP contribution in [0.4, 0.5) is 23.9 Å². The Morgan fingerprint density at radius 1 is 1.19 bits per heavy atom. The molecule has 1 aromatic carbocycles. The number of ether oxygens (including phenoxy) is 1. The van der Waals surface area contributed by atoms with E-state index < -0.39 is 17.8 Å². The Bertz CT molecular complexity index is 884. The average molecular weight is 380 g/mol. The third kappa shape index (κ3) is 3.69. The van der Waals surface area contributed by atoms with Crippen LogP contribution in [0.5, 0.6) is 5.75 Å². The Balaban J connectivity index is 1.74. The molecule has 27 heavy (non-hydrogen) atoms. The Labute approximate surface area is 152 Å². The van der Waals surface area contributed by atoms with E-state index in [-0.39, 0.29) is 36.3 Å². The molecule has 142 valence electrons. The van der Waals surface area contributed by atoms with Crippen molar-refractivity contribution in [1.29, 1.82) is 0 Å². The zero-order valence-corrected chi connectivity index (χ0v) is 14.4. The molecule has 1 saturated heterocycles. The molecule has 3 amide bonds. The number of halogens is 3. The lowest BCUT2D eigenvalue weighted by Crippen LogP contribution is -2.30. The number of hydrogen-bond donors (Lipinski definition) is 0.